The van der Waals surface area contributed by atoms with E-state index in [9.17, 15) is 9.59 Å². The van der Waals surface area contributed by atoms with E-state index in [-0.39, 0.29) is 17.7 Å². The van der Waals surface area contributed by atoms with Crippen molar-refractivity contribution in [3.05, 3.63) is 71.5 Å². The van der Waals surface area contributed by atoms with Crippen molar-refractivity contribution in [1.82, 2.24) is 14.9 Å². The number of thiazole rings is 1. The van der Waals surface area contributed by atoms with Gasteiger partial charge in [-0.2, -0.15) is 0 Å². The van der Waals surface area contributed by atoms with E-state index in [1.807, 2.05) is 47.8 Å². The average Bonchev–Trinajstić information content (AvgIpc) is 3.43. The van der Waals surface area contributed by atoms with E-state index in [1.165, 1.54) is 0 Å². The number of likely N-dealkylation sites (tertiary alicyclic amines) is 1. The first kappa shape index (κ1) is 18.5. The lowest BCUT2D eigenvalue weighted by Gasteiger charge is -2.23. The molecule has 4 rings (SSSR count). The summed E-state index contributed by atoms with van der Waals surface area (Å²) in [6, 6.07) is 12.8. The average molecular weight is 391 g/mol. The molecule has 1 amide bonds. The van der Waals surface area contributed by atoms with Crippen LogP contribution in [0.3, 0.4) is 0 Å². The third-order valence-electron chi connectivity index (χ3n) is 5.01. The normalized spacial score (nSPS) is 16.3. The maximum atomic E-state index is 12.8. The number of Topliss-reactive ketones (excluding diaryl/α,β-unsaturated/α-hetero) is 1. The Labute approximate surface area is 168 Å². The summed E-state index contributed by atoms with van der Waals surface area (Å²) in [5, 5.41) is 2.93. The zero-order chi connectivity index (χ0) is 19.3. The Morgan fingerprint density at radius 2 is 1.89 bits per heavy atom. The van der Waals surface area contributed by atoms with Crippen LogP contribution in [0.15, 0.2) is 60.2 Å². The Bertz CT molecular complexity index is 956. The third-order valence-corrected chi connectivity index (χ3v) is 5.95. The van der Waals surface area contributed by atoms with Gasteiger partial charge >= 0.3 is 0 Å². The van der Waals surface area contributed by atoms with Gasteiger partial charge in [-0.15, -0.1) is 11.3 Å². The van der Waals surface area contributed by atoms with Crippen molar-refractivity contribution in [2.75, 3.05) is 6.54 Å². The van der Waals surface area contributed by atoms with Crippen LogP contribution in [-0.4, -0.2) is 39.1 Å². The van der Waals surface area contributed by atoms with Crippen molar-refractivity contribution in [2.24, 2.45) is 0 Å². The first-order chi connectivity index (χ1) is 13.7. The van der Waals surface area contributed by atoms with Gasteiger partial charge in [-0.1, -0.05) is 30.3 Å². The number of amides is 1. The van der Waals surface area contributed by atoms with Crippen LogP contribution in [0.1, 0.15) is 35.3 Å². The van der Waals surface area contributed by atoms with Crippen LogP contribution in [0, 0.1) is 0 Å². The minimum Gasteiger partial charge on any atom is -0.332 e. The van der Waals surface area contributed by atoms with E-state index in [4.69, 9.17) is 0 Å². The van der Waals surface area contributed by atoms with Gasteiger partial charge in [-0.25, -0.2) is 4.98 Å². The smallest absolute Gasteiger partial charge is 0.223 e. The molecule has 0 radical (unpaired) electrons. The Hall–Kier alpha value is -2.86. The number of hydrogen-bond donors (Lipinski definition) is 0. The number of ketones is 1. The first-order valence-electron chi connectivity index (χ1n) is 9.46. The van der Waals surface area contributed by atoms with Crippen LogP contribution in [-0.2, 0) is 11.2 Å². The maximum Gasteiger partial charge on any atom is 0.223 e. The molecule has 142 valence electrons. The molecule has 3 heterocycles. The highest BCUT2D eigenvalue weighted by Gasteiger charge is 2.34. The number of benzene rings is 1. The summed E-state index contributed by atoms with van der Waals surface area (Å²) in [6.07, 6.45) is 6.07. The Morgan fingerprint density at radius 3 is 2.68 bits per heavy atom. The van der Waals surface area contributed by atoms with Gasteiger partial charge in [0.2, 0.25) is 5.91 Å². The van der Waals surface area contributed by atoms with Gasteiger partial charge in [-0.3, -0.25) is 14.6 Å². The molecule has 0 spiro atoms. The second kappa shape index (κ2) is 8.44. The number of pyridine rings is 1. The van der Waals surface area contributed by atoms with E-state index < -0.39 is 0 Å². The monoisotopic (exact) mass is 391 g/mol. The van der Waals surface area contributed by atoms with E-state index >= 15 is 0 Å². The highest BCUT2D eigenvalue weighted by Crippen LogP contribution is 2.25. The summed E-state index contributed by atoms with van der Waals surface area (Å²) in [5.74, 6) is 0.0744. The summed E-state index contributed by atoms with van der Waals surface area (Å²) in [5.41, 5.74) is 2.62. The molecule has 6 heteroatoms. The Morgan fingerprint density at radius 1 is 1.11 bits per heavy atom. The third kappa shape index (κ3) is 4.02. The van der Waals surface area contributed by atoms with Gasteiger partial charge < -0.3 is 4.90 Å². The molecule has 0 aliphatic carbocycles. The number of carbonyl (C=O) groups is 2. The second-order valence-electron chi connectivity index (χ2n) is 6.86. The van der Waals surface area contributed by atoms with Crippen molar-refractivity contribution >= 4 is 23.0 Å². The molecule has 0 bridgehead atoms. The van der Waals surface area contributed by atoms with Crippen molar-refractivity contribution in [3.8, 4) is 10.6 Å². The quantitative estimate of drug-likeness (QED) is 0.596. The molecule has 0 saturated carbocycles. The molecule has 1 fully saturated rings. The molecule has 5 nitrogen and oxygen atoms in total. The van der Waals surface area contributed by atoms with Crippen molar-refractivity contribution in [3.63, 3.8) is 0 Å². The van der Waals surface area contributed by atoms with Gasteiger partial charge in [0, 0.05) is 41.9 Å². The molecule has 2 aromatic heterocycles. The number of aryl methyl sites for hydroxylation is 1. The molecule has 0 N–H and O–H groups in total. The van der Waals surface area contributed by atoms with Crippen LogP contribution in [0.4, 0.5) is 0 Å². The zero-order valence-electron chi connectivity index (χ0n) is 15.5. The minimum atomic E-state index is -0.335. The summed E-state index contributed by atoms with van der Waals surface area (Å²) in [4.78, 5) is 36.0. The molecular weight excluding hydrogens is 370 g/mol. The van der Waals surface area contributed by atoms with Gasteiger partial charge in [0.05, 0.1) is 11.7 Å². The number of hydrogen-bond acceptors (Lipinski definition) is 5. The van der Waals surface area contributed by atoms with Crippen LogP contribution in [0.5, 0.6) is 0 Å². The van der Waals surface area contributed by atoms with Crippen molar-refractivity contribution < 1.29 is 9.59 Å². The molecule has 1 atom stereocenters. The number of aromatic nitrogens is 2. The standard InChI is InChI=1S/C22H21N3O2S/c26-20(9-8-18-15-28-22(24-18)17-10-12-23-13-11-17)25-14-4-7-19(25)21(27)16-5-2-1-3-6-16/h1-3,5-6,10-13,15,19H,4,7-9,14H2. The highest BCUT2D eigenvalue weighted by atomic mass is 32.1. The van der Waals surface area contributed by atoms with E-state index in [1.54, 1.807) is 28.6 Å². The molecule has 28 heavy (non-hydrogen) atoms. The minimum absolute atomic E-state index is 0.0326. The predicted molar refractivity (Wildman–Crippen MR) is 109 cm³/mol. The lowest BCUT2D eigenvalue weighted by atomic mass is 10.0. The predicted octanol–water partition coefficient (Wildman–Crippen LogP) is 4.01. The van der Waals surface area contributed by atoms with Crippen LogP contribution < -0.4 is 0 Å². The van der Waals surface area contributed by atoms with Gasteiger partial charge in [0.15, 0.2) is 5.78 Å². The number of carbonyl (C=O) groups excluding carboxylic acids is 2. The molecule has 1 aromatic carbocycles. The molecule has 1 saturated heterocycles. The Balaban J connectivity index is 1.38. The summed E-state index contributed by atoms with van der Waals surface area (Å²) >= 11 is 1.57. The van der Waals surface area contributed by atoms with Crippen LogP contribution in [0.2, 0.25) is 0 Å². The fourth-order valence-corrected chi connectivity index (χ4v) is 4.42. The van der Waals surface area contributed by atoms with Gasteiger partial charge in [-0.05, 0) is 31.4 Å². The SMILES string of the molecule is O=C(c1ccccc1)C1CCCN1C(=O)CCc1csc(-c2ccncc2)n1. The van der Waals surface area contributed by atoms with E-state index in [0.717, 1.165) is 29.1 Å². The van der Waals surface area contributed by atoms with E-state index in [2.05, 4.69) is 9.97 Å². The fraction of sp³-hybridized carbons (Fsp3) is 0.273. The first-order valence-corrected chi connectivity index (χ1v) is 10.3. The zero-order valence-corrected chi connectivity index (χ0v) is 16.3. The Kier molecular flexibility index (Phi) is 5.58. The van der Waals surface area contributed by atoms with Crippen LogP contribution >= 0.6 is 11.3 Å². The topological polar surface area (TPSA) is 63.2 Å². The number of rotatable bonds is 6. The molecule has 1 aliphatic rings. The largest absolute Gasteiger partial charge is 0.332 e. The van der Waals surface area contributed by atoms with E-state index in [0.29, 0.717) is 24.9 Å². The summed E-state index contributed by atoms with van der Waals surface area (Å²) in [7, 11) is 0. The summed E-state index contributed by atoms with van der Waals surface area (Å²) < 4.78 is 0. The van der Waals surface area contributed by atoms with Crippen molar-refractivity contribution in [2.45, 2.75) is 31.7 Å². The second-order valence-corrected chi connectivity index (χ2v) is 7.71. The number of nitrogens with zero attached hydrogens (tertiary/aromatic N) is 3. The highest BCUT2D eigenvalue weighted by molar-refractivity contribution is 7.13. The fourth-order valence-electron chi connectivity index (χ4n) is 3.56. The molecular formula is C22H21N3O2S. The van der Waals surface area contributed by atoms with Crippen molar-refractivity contribution in [1.29, 1.82) is 0 Å². The van der Waals surface area contributed by atoms with Crippen LogP contribution in [0.25, 0.3) is 10.6 Å². The lowest BCUT2D eigenvalue weighted by molar-refractivity contribution is -0.131. The molecule has 1 unspecified atom stereocenters. The maximum absolute atomic E-state index is 12.8. The lowest BCUT2D eigenvalue weighted by Crippen LogP contribution is -2.40. The summed E-state index contributed by atoms with van der Waals surface area (Å²) in [6.45, 7) is 0.654. The molecule has 1 aliphatic heterocycles. The van der Waals surface area contributed by atoms with Gasteiger partial charge in [0.1, 0.15) is 5.01 Å². The molecule has 3 aromatic rings. The van der Waals surface area contributed by atoms with Gasteiger partial charge in [0.25, 0.3) is 0 Å².